The number of halogens is 3. The average molecular weight is 576 g/mol. The number of anilines is 2. The number of carbonyl (C=O) groups is 2. The van der Waals surface area contributed by atoms with E-state index in [4.69, 9.17) is 30.5 Å². The molecule has 41 heavy (non-hydrogen) atoms. The number of hydrogen-bond acceptors (Lipinski definition) is 7. The first-order valence-electron chi connectivity index (χ1n) is 12.4. The van der Waals surface area contributed by atoms with Crippen LogP contribution in [0.4, 0.5) is 24.5 Å². The number of alkyl halides is 3. The molecule has 0 fully saturated rings. The van der Waals surface area contributed by atoms with Crippen LogP contribution in [-0.4, -0.2) is 41.7 Å². The monoisotopic (exact) mass is 575 g/mol. The summed E-state index contributed by atoms with van der Waals surface area (Å²) in [6.07, 6.45) is -5.10. The highest BCUT2D eigenvalue weighted by molar-refractivity contribution is 5.95. The third-order valence-corrected chi connectivity index (χ3v) is 5.08. The summed E-state index contributed by atoms with van der Waals surface area (Å²) in [5.41, 5.74) is 14.0. The minimum absolute atomic E-state index is 0.0165. The third kappa shape index (κ3) is 10.6. The molecular formula is C28H32F3N5O5. The molecule has 1 unspecified atom stereocenters. The van der Waals surface area contributed by atoms with Gasteiger partial charge in [0.15, 0.2) is 11.5 Å². The second-order valence-electron chi connectivity index (χ2n) is 8.66. The zero-order valence-corrected chi connectivity index (χ0v) is 22.6. The SMILES string of the molecule is CCOc1cc(C(Nc2ccc(C(=N)N)cc2)C(=O)NNc2ccccc2)ccc1OC(C)C.O=C(O)C(F)(F)F. The summed E-state index contributed by atoms with van der Waals surface area (Å²) in [6.45, 7) is 6.25. The lowest BCUT2D eigenvalue weighted by Gasteiger charge is -2.22. The van der Waals surface area contributed by atoms with E-state index in [1.807, 2.05) is 69.3 Å². The maximum Gasteiger partial charge on any atom is 0.490 e. The van der Waals surface area contributed by atoms with Crippen LogP contribution in [0.5, 0.6) is 11.5 Å². The molecule has 10 nitrogen and oxygen atoms in total. The molecule has 0 saturated heterocycles. The molecule has 0 bridgehead atoms. The molecule has 1 amide bonds. The Kier molecular flexibility index (Phi) is 11.8. The number of benzene rings is 3. The molecule has 7 N–H and O–H groups in total. The number of ether oxygens (including phenoxy) is 2. The highest BCUT2D eigenvalue weighted by Crippen LogP contribution is 2.33. The predicted molar refractivity (Wildman–Crippen MR) is 149 cm³/mol. The van der Waals surface area contributed by atoms with Gasteiger partial charge < -0.3 is 25.6 Å². The molecule has 3 rings (SSSR count). The standard InChI is InChI=1S/C26H31N5O3.C2HF3O2/c1-4-33-23-16-19(12-15-22(23)34-17(2)3)24(26(32)31-30-21-8-6-5-7-9-21)29-20-13-10-18(11-14-20)25(27)28;3-2(4,5)1(6)7/h5-17,24,29-30H,4H2,1-3H3,(H3,27,28)(H,31,32);(H,6,7). The van der Waals surface area contributed by atoms with Gasteiger partial charge in [-0.1, -0.05) is 24.3 Å². The summed E-state index contributed by atoms with van der Waals surface area (Å²) < 4.78 is 43.4. The van der Waals surface area contributed by atoms with Crippen molar-refractivity contribution in [1.29, 1.82) is 5.41 Å². The van der Waals surface area contributed by atoms with E-state index in [1.54, 1.807) is 24.3 Å². The van der Waals surface area contributed by atoms with Gasteiger partial charge in [-0.15, -0.1) is 0 Å². The van der Waals surface area contributed by atoms with Crippen LogP contribution in [0.2, 0.25) is 0 Å². The molecule has 0 aliphatic carbocycles. The van der Waals surface area contributed by atoms with Gasteiger partial charge in [-0.3, -0.25) is 21.1 Å². The molecule has 0 spiro atoms. The molecule has 3 aromatic carbocycles. The molecule has 0 radical (unpaired) electrons. The molecule has 0 saturated carbocycles. The Bertz CT molecular complexity index is 1300. The van der Waals surface area contributed by atoms with Gasteiger partial charge in [0, 0.05) is 11.3 Å². The molecule has 0 heterocycles. The zero-order chi connectivity index (χ0) is 30.6. The Morgan fingerprint density at radius 1 is 0.976 bits per heavy atom. The van der Waals surface area contributed by atoms with Crippen LogP contribution >= 0.6 is 0 Å². The quantitative estimate of drug-likeness (QED) is 0.105. The van der Waals surface area contributed by atoms with Crippen LogP contribution in [0, 0.1) is 5.41 Å². The molecule has 3 aromatic rings. The highest BCUT2D eigenvalue weighted by Gasteiger charge is 2.38. The minimum atomic E-state index is -5.08. The lowest BCUT2D eigenvalue weighted by atomic mass is 10.0. The van der Waals surface area contributed by atoms with E-state index in [0.29, 0.717) is 34.9 Å². The van der Waals surface area contributed by atoms with Crippen LogP contribution < -0.4 is 31.4 Å². The summed E-state index contributed by atoms with van der Waals surface area (Å²) in [5, 5.41) is 18.0. The van der Waals surface area contributed by atoms with E-state index in [-0.39, 0.29) is 17.8 Å². The number of nitrogen functional groups attached to an aromatic ring is 1. The fourth-order valence-corrected chi connectivity index (χ4v) is 3.26. The van der Waals surface area contributed by atoms with Crippen molar-refractivity contribution in [2.75, 3.05) is 17.3 Å². The van der Waals surface area contributed by atoms with Gasteiger partial charge in [0.2, 0.25) is 0 Å². The van der Waals surface area contributed by atoms with Crippen molar-refractivity contribution < 1.29 is 37.3 Å². The minimum Gasteiger partial charge on any atom is -0.490 e. The van der Waals surface area contributed by atoms with E-state index < -0.39 is 18.2 Å². The number of para-hydroxylation sites is 1. The number of amides is 1. The molecule has 0 aromatic heterocycles. The Labute approximate surface area is 235 Å². The average Bonchev–Trinajstić information content (AvgIpc) is 2.92. The Morgan fingerprint density at radius 2 is 1.59 bits per heavy atom. The number of amidine groups is 1. The maximum atomic E-state index is 13.3. The number of nitrogens with one attached hydrogen (secondary N) is 4. The van der Waals surface area contributed by atoms with Crippen LogP contribution in [0.15, 0.2) is 72.8 Å². The van der Waals surface area contributed by atoms with E-state index in [9.17, 15) is 18.0 Å². The number of carbonyl (C=O) groups excluding carboxylic acids is 1. The molecular weight excluding hydrogens is 543 g/mol. The van der Waals surface area contributed by atoms with Gasteiger partial charge >= 0.3 is 12.1 Å². The Morgan fingerprint density at radius 3 is 2.10 bits per heavy atom. The molecule has 1 atom stereocenters. The van der Waals surface area contributed by atoms with Crippen molar-refractivity contribution in [2.24, 2.45) is 5.73 Å². The molecule has 220 valence electrons. The van der Waals surface area contributed by atoms with Gasteiger partial charge in [-0.2, -0.15) is 13.2 Å². The van der Waals surface area contributed by atoms with Gasteiger partial charge in [0.25, 0.3) is 5.91 Å². The van der Waals surface area contributed by atoms with Crippen molar-refractivity contribution in [1.82, 2.24) is 5.43 Å². The number of rotatable bonds is 11. The smallest absolute Gasteiger partial charge is 0.490 e. The summed E-state index contributed by atoms with van der Waals surface area (Å²) in [6, 6.07) is 21.1. The molecule has 0 aliphatic heterocycles. The first-order valence-corrected chi connectivity index (χ1v) is 12.4. The lowest BCUT2D eigenvalue weighted by Crippen LogP contribution is -2.37. The molecule has 0 aliphatic rings. The fraction of sp³-hybridized carbons (Fsp3) is 0.250. The van der Waals surface area contributed by atoms with Crippen molar-refractivity contribution in [3.05, 3.63) is 83.9 Å². The fourth-order valence-electron chi connectivity index (χ4n) is 3.26. The van der Waals surface area contributed by atoms with Gasteiger partial charge in [-0.05, 0) is 74.9 Å². The van der Waals surface area contributed by atoms with E-state index in [2.05, 4.69) is 16.2 Å². The van der Waals surface area contributed by atoms with Crippen LogP contribution in [-0.2, 0) is 9.59 Å². The summed E-state index contributed by atoms with van der Waals surface area (Å²) in [5.74, 6) is -1.88. The van der Waals surface area contributed by atoms with Crippen molar-refractivity contribution in [2.45, 2.75) is 39.1 Å². The number of hydrazine groups is 1. The Hall–Kier alpha value is -4.94. The first kappa shape index (κ1) is 32.3. The lowest BCUT2D eigenvalue weighted by molar-refractivity contribution is -0.192. The van der Waals surface area contributed by atoms with Gasteiger partial charge in [-0.25, -0.2) is 4.79 Å². The zero-order valence-electron chi connectivity index (χ0n) is 22.6. The predicted octanol–water partition coefficient (Wildman–Crippen LogP) is 5.09. The third-order valence-electron chi connectivity index (χ3n) is 5.08. The number of nitrogens with two attached hydrogens (primary N) is 1. The van der Waals surface area contributed by atoms with Crippen molar-refractivity contribution in [3.8, 4) is 11.5 Å². The van der Waals surface area contributed by atoms with Gasteiger partial charge in [0.1, 0.15) is 11.9 Å². The number of carboxylic acids is 1. The van der Waals surface area contributed by atoms with Crippen molar-refractivity contribution in [3.63, 3.8) is 0 Å². The van der Waals surface area contributed by atoms with E-state index in [1.165, 1.54) is 0 Å². The maximum absolute atomic E-state index is 13.3. The van der Waals surface area contributed by atoms with Crippen LogP contribution in [0.1, 0.15) is 37.9 Å². The number of carboxylic acid groups (broad SMARTS) is 1. The van der Waals surface area contributed by atoms with E-state index in [0.717, 1.165) is 5.69 Å². The number of aliphatic carboxylic acids is 1. The Balaban J connectivity index is 0.000000745. The second kappa shape index (κ2) is 15.0. The number of hydrogen-bond donors (Lipinski definition) is 6. The van der Waals surface area contributed by atoms with E-state index >= 15 is 0 Å². The summed E-state index contributed by atoms with van der Waals surface area (Å²) in [7, 11) is 0. The summed E-state index contributed by atoms with van der Waals surface area (Å²) >= 11 is 0. The second-order valence-corrected chi connectivity index (χ2v) is 8.66. The van der Waals surface area contributed by atoms with Crippen LogP contribution in [0.25, 0.3) is 0 Å². The largest absolute Gasteiger partial charge is 0.490 e. The highest BCUT2D eigenvalue weighted by atomic mass is 19.4. The van der Waals surface area contributed by atoms with Gasteiger partial charge in [0.05, 0.1) is 18.4 Å². The van der Waals surface area contributed by atoms with Crippen molar-refractivity contribution >= 4 is 29.1 Å². The summed E-state index contributed by atoms with van der Waals surface area (Å²) in [4.78, 5) is 22.2. The molecule has 13 heteroatoms. The van der Waals surface area contributed by atoms with Crippen LogP contribution in [0.3, 0.4) is 0 Å². The normalized spacial score (nSPS) is 11.4. The first-order chi connectivity index (χ1) is 19.3. The topological polar surface area (TPSA) is 159 Å².